The molecule has 3 aromatic carbocycles. The predicted molar refractivity (Wildman–Crippen MR) is 130 cm³/mol. The van der Waals surface area contributed by atoms with Crippen LogP contribution in [-0.2, 0) is 16.6 Å². The summed E-state index contributed by atoms with van der Waals surface area (Å²) in [4.78, 5) is 12.0. The van der Waals surface area contributed by atoms with Crippen LogP contribution in [0.1, 0.15) is 31.9 Å². The zero-order valence-corrected chi connectivity index (χ0v) is 19.0. The number of hydrogen-bond donors (Lipinski definition) is 3. The Kier molecular flexibility index (Phi) is 7.67. The van der Waals surface area contributed by atoms with E-state index < -0.39 is 18.6 Å². The van der Waals surface area contributed by atoms with Gasteiger partial charge in [-0.25, -0.2) is 0 Å². The van der Waals surface area contributed by atoms with Gasteiger partial charge in [0.25, 0.3) is 0 Å². The molecule has 0 radical (unpaired) electrons. The molecule has 4 N–H and O–H groups in total. The lowest BCUT2D eigenvalue weighted by atomic mass is 9.86. The summed E-state index contributed by atoms with van der Waals surface area (Å²) < 4.78 is 6.13. The number of nitrogens with one attached hydrogen (secondary N) is 1. The van der Waals surface area contributed by atoms with Gasteiger partial charge in [0.05, 0.1) is 13.2 Å². The van der Waals surface area contributed by atoms with Crippen molar-refractivity contribution >= 4 is 11.6 Å². The molecule has 1 amide bonds. The highest BCUT2D eigenvalue weighted by Crippen LogP contribution is 2.34. The Morgan fingerprint density at radius 3 is 2.28 bits per heavy atom. The Hall–Kier alpha value is -3.15. The van der Waals surface area contributed by atoms with E-state index in [1.54, 1.807) is 6.07 Å². The lowest BCUT2D eigenvalue weighted by Gasteiger charge is -2.24. The van der Waals surface area contributed by atoms with E-state index >= 15 is 0 Å². The van der Waals surface area contributed by atoms with E-state index in [9.17, 15) is 4.79 Å². The van der Waals surface area contributed by atoms with Gasteiger partial charge in [-0.3, -0.25) is 4.79 Å². The minimum Gasteiger partial charge on any atom is -0.493 e. The molecule has 3 aromatic rings. The zero-order chi connectivity index (χ0) is 23.1. The fourth-order valence-corrected chi connectivity index (χ4v) is 3.41. The second-order valence-electron chi connectivity index (χ2n) is 8.90. The van der Waals surface area contributed by atoms with Crippen molar-refractivity contribution in [2.24, 2.45) is 5.73 Å². The van der Waals surface area contributed by atoms with Crippen LogP contribution in [-0.4, -0.2) is 30.3 Å². The Bertz CT molecular complexity index is 1030. The maximum atomic E-state index is 12.0. The Morgan fingerprint density at radius 2 is 1.66 bits per heavy atom. The average Bonchev–Trinajstić information content (AvgIpc) is 2.79. The van der Waals surface area contributed by atoms with Crippen LogP contribution in [0.15, 0.2) is 72.8 Å². The molecule has 1 atom stereocenters. The summed E-state index contributed by atoms with van der Waals surface area (Å²) in [5.74, 6) is 0.378. The number of aliphatic hydroxyl groups excluding tert-OH is 1. The number of rotatable bonds is 8. The molecule has 0 unspecified atom stereocenters. The molecule has 5 nitrogen and oxygen atoms in total. The van der Waals surface area contributed by atoms with Crippen molar-refractivity contribution in [1.29, 1.82) is 0 Å². The van der Waals surface area contributed by atoms with E-state index in [0.717, 1.165) is 17.7 Å². The van der Waals surface area contributed by atoms with Gasteiger partial charge in [-0.2, -0.15) is 0 Å². The second kappa shape index (κ2) is 10.4. The molecular formula is C27H32N2O3. The minimum atomic E-state index is -0.947. The molecule has 0 aromatic heterocycles. The highest BCUT2D eigenvalue weighted by molar-refractivity contribution is 5.95. The maximum Gasteiger partial charge on any atom is 0.243 e. The molecule has 0 heterocycles. The molecule has 0 fully saturated rings. The van der Waals surface area contributed by atoms with Crippen LogP contribution in [0.25, 0.3) is 11.1 Å². The van der Waals surface area contributed by atoms with E-state index in [4.69, 9.17) is 15.6 Å². The summed E-state index contributed by atoms with van der Waals surface area (Å²) in [5, 5.41) is 11.8. The summed E-state index contributed by atoms with van der Waals surface area (Å²) in [6.45, 7) is 6.45. The van der Waals surface area contributed by atoms with Crippen LogP contribution in [0.4, 0.5) is 5.69 Å². The van der Waals surface area contributed by atoms with Gasteiger partial charge >= 0.3 is 0 Å². The number of carbonyl (C=O) groups is 1. The van der Waals surface area contributed by atoms with Crippen LogP contribution in [0.5, 0.6) is 5.75 Å². The van der Waals surface area contributed by atoms with Crippen LogP contribution >= 0.6 is 0 Å². The van der Waals surface area contributed by atoms with Gasteiger partial charge in [0, 0.05) is 17.7 Å². The number of aliphatic hydroxyl groups is 1. The first-order valence-electron chi connectivity index (χ1n) is 10.9. The SMILES string of the molecule is CC(C)(C)c1cc(NC(=O)[C@@H](N)CO)ccc1OCCc1ccc(-c2ccccc2)cc1. The number of hydrogen-bond acceptors (Lipinski definition) is 4. The van der Waals surface area contributed by atoms with Crippen molar-refractivity contribution in [2.45, 2.75) is 38.6 Å². The highest BCUT2D eigenvalue weighted by atomic mass is 16.5. The zero-order valence-electron chi connectivity index (χ0n) is 19.0. The van der Waals surface area contributed by atoms with E-state index in [0.29, 0.717) is 12.3 Å². The molecule has 0 saturated carbocycles. The molecule has 0 spiro atoms. The Morgan fingerprint density at radius 1 is 1.00 bits per heavy atom. The molecule has 5 heteroatoms. The third-order valence-corrected chi connectivity index (χ3v) is 5.30. The first-order chi connectivity index (χ1) is 15.3. The van der Waals surface area contributed by atoms with Crippen molar-refractivity contribution in [2.75, 3.05) is 18.5 Å². The van der Waals surface area contributed by atoms with Gasteiger partial charge in [0.15, 0.2) is 0 Å². The molecule has 0 saturated heterocycles. The van der Waals surface area contributed by atoms with Crippen molar-refractivity contribution in [3.05, 3.63) is 83.9 Å². The van der Waals surface area contributed by atoms with E-state index in [-0.39, 0.29) is 5.41 Å². The topological polar surface area (TPSA) is 84.6 Å². The summed E-state index contributed by atoms with van der Waals surface area (Å²) in [5.41, 5.74) is 10.7. The molecule has 0 aliphatic carbocycles. The van der Waals surface area contributed by atoms with E-state index in [2.05, 4.69) is 62.5 Å². The quantitative estimate of drug-likeness (QED) is 0.488. The highest BCUT2D eigenvalue weighted by Gasteiger charge is 2.21. The molecule has 0 bridgehead atoms. The number of anilines is 1. The number of amides is 1. The van der Waals surface area contributed by atoms with Crippen LogP contribution in [0.3, 0.4) is 0 Å². The number of carbonyl (C=O) groups excluding carboxylic acids is 1. The fraction of sp³-hybridized carbons (Fsp3) is 0.296. The molecule has 3 rings (SSSR count). The van der Waals surface area contributed by atoms with Gasteiger partial charge in [0.2, 0.25) is 5.91 Å². The lowest BCUT2D eigenvalue weighted by Crippen LogP contribution is -2.38. The Balaban J connectivity index is 1.65. The summed E-state index contributed by atoms with van der Waals surface area (Å²) in [6, 6.07) is 23.5. The molecular weight excluding hydrogens is 400 g/mol. The molecule has 0 aliphatic rings. The second-order valence-corrected chi connectivity index (χ2v) is 8.90. The standard InChI is InChI=1S/C27H32N2O3/c1-27(2,3)23-17-22(29-26(31)24(28)18-30)13-14-25(23)32-16-15-19-9-11-21(12-10-19)20-7-5-4-6-8-20/h4-14,17,24,30H,15-16,18,28H2,1-3H3,(H,29,31)/t24-/m0/s1. The van der Waals surface area contributed by atoms with Gasteiger partial charge in [-0.05, 0) is 40.3 Å². The van der Waals surface area contributed by atoms with Crippen molar-refractivity contribution < 1.29 is 14.6 Å². The maximum absolute atomic E-state index is 12.0. The summed E-state index contributed by atoms with van der Waals surface area (Å²) >= 11 is 0. The van der Waals surface area contributed by atoms with Gasteiger partial charge in [-0.1, -0.05) is 75.4 Å². The van der Waals surface area contributed by atoms with E-state index in [1.807, 2.05) is 30.3 Å². The van der Waals surface area contributed by atoms with Crippen molar-refractivity contribution in [1.82, 2.24) is 0 Å². The number of nitrogens with two attached hydrogens (primary N) is 1. The largest absolute Gasteiger partial charge is 0.493 e. The number of ether oxygens (including phenoxy) is 1. The van der Waals surface area contributed by atoms with Gasteiger partial charge in [-0.15, -0.1) is 0 Å². The van der Waals surface area contributed by atoms with Crippen LogP contribution in [0.2, 0.25) is 0 Å². The summed E-state index contributed by atoms with van der Waals surface area (Å²) in [7, 11) is 0. The van der Waals surface area contributed by atoms with Crippen LogP contribution < -0.4 is 15.8 Å². The summed E-state index contributed by atoms with van der Waals surface area (Å²) in [6.07, 6.45) is 0.794. The normalized spacial score (nSPS) is 12.3. The molecule has 32 heavy (non-hydrogen) atoms. The first kappa shape index (κ1) is 23.5. The average molecular weight is 433 g/mol. The van der Waals surface area contributed by atoms with Crippen LogP contribution in [0, 0.1) is 0 Å². The lowest BCUT2D eigenvalue weighted by molar-refractivity contribution is -0.118. The van der Waals surface area contributed by atoms with E-state index in [1.165, 1.54) is 16.7 Å². The Labute approximate surface area is 190 Å². The van der Waals surface area contributed by atoms with Gasteiger partial charge in [0.1, 0.15) is 11.8 Å². The predicted octanol–water partition coefficient (Wildman–Crippen LogP) is 4.53. The smallest absolute Gasteiger partial charge is 0.243 e. The third-order valence-electron chi connectivity index (χ3n) is 5.30. The third kappa shape index (κ3) is 6.19. The first-order valence-corrected chi connectivity index (χ1v) is 10.9. The minimum absolute atomic E-state index is 0.174. The van der Waals surface area contributed by atoms with Crippen molar-refractivity contribution in [3.63, 3.8) is 0 Å². The molecule has 168 valence electrons. The monoisotopic (exact) mass is 432 g/mol. The number of benzene rings is 3. The molecule has 0 aliphatic heterocycles. The van der Waals surface area contributed by atoms with Crippen molar-refractivity contribution in [3.8, 4) is 16.9 Å². The fourth-order valence-electron chi connectivity index (χ4n) is 3.41. The van der Waals surface area contributed by atoms with Gasteiger partial charge < -0.3 is 20.9 Å².